The van der Waals surface area contributed by atoms with Crippen LogP contribution >= 0.6 is 0 Å². The minimum Gasteiger partial charge on any atom is -0.437 e. The minimum atomic E-state index is -2.09. The zero-order valence-corrected chi connectivity index (χ0v) is 18.5. The van der Waals surface area contributed by atoms with Crippen molar-refractivity contribution in [1.29, 1.82) is 0 Å². The second-order valence-electron chi connectivity index (χ2n) is 7.79. The van der Waals surface area contributed by atoms with Crippen molar-refractivity contribution in [2.75, 3.05) is 20.3 Å². The molecule has 1 unspecified atom stereocenters. The first-order valence-corrected chi connectivity index (χ1v) is 17.2. The van der Waals surface area contributed by atoms with E-state index in [2.05, 4.69) is 45.8 Å². The van der Waals surface area contributed by atoms with Gasteiger partial charge in [-0.15, -0.1) is 0 Å². The molecule has 0 rings (SSSR count). The Morgan fingerprint density at radius 2 is 1.33 bits per heavy atom. The van der Waals surface area contributed by atoms with Crippen LogP contribution in [0.4, 0.5) is 0 Å². The number of hydrogen-bond acceptors (Lipinski definition) is 4. The molecular formula is C14H36O4Si3. The molecule has 0 saturated heterocycles. The lowest BCUT2D eigenvalue weighted by Gasteiger charge is -2.38. The van der Waals surface area contributed by atoms with E-state index in [0.29, 0.717) is 6.61 Å². The summed E-state index contributed by atoms with van der Waals surface area (Å²) in [7, 11) is -3.56. The number of rotatable bonds is 11. The molecule has 0 saturated carbocycles. The molecule has 0 amide bonds. The smallest absolute Gasteiger partial charge is 0.314 e. The largest absolute Gasteiger partial charge is 0.437 e. The van der Waals surface area contributed by atoms with Crippen LogP contribution in [0.15, 0.2) is 0 Å². The molecule has 0 N–H and O–H groups in total. The van der Waals surface area contributed by atoms with E-state index in [-0.39, 0.29) is 6.10 Å². The highest BCUT2D eigenvalue weighted by Crippen LogP contribution is 2.25. The van der Waals surface area contributed by atoms with Gasteiger partial charge in [0.1, 0.15) is 0 Å². The summed E-state index contributed by atoms with van der Waals surface area (Å²) in [5.41, 5.74) is 0. The fraction of sp³-hybridized carbons (Fsp3) is 1.00. The third-order valence-corrected chi connectivity index (χ3v) is 12.3. The first kappa shape index (κ1) is 21.5. The Labute approximate surface area is 135 Å². The second-order valence-corrected chi connectivity index (χ2v) is 20.6. The van der Waals surface area contributed by atoms with Crippen LogP contribution in [0.5, 0.6) is 0 Å². The van der Waals surface area contributed by atoms with Gasteiger partial charge in [0, 0.05) is 13.7 Å². The van der Waals surface area contributed by atoms with Crippen molar-refractivity contribution in [1.82, 2.24) is 0 Å². The minimum absolute atomic E-state index is 0.157. The molecule has 1 atom stereocenters. The van der Waals surface area contributed by atoms with Crippen molar-refractivity contribution in [3.05, 3.63) is 0 Å². The van der Waals surface area contributed by atoms with Gasteiger partial charge in [0.2, 0.25) is 0 Å². The molecule has 21 heavy (non-hydrogen) atoms. The molecule has 0 aromatic rings. The second kappa shape index (κ2) is 8.95. The molecule has 7 heteroatoms. The van der Waals surface area contributed by atoms with Crippen molar-refractivity contribution in [2.45, 2.75) is 71.3 Å². The van der Waals surface area contributed by atoms with Crippen molar-refractivity contribution in [3.63, 3.8) is 0 Å². The van der Waals surface area contributed by atoms with Crippen molar-refractivity contribution in [3.8, 4) is 0 Å². The Morgan fingerprint density at radius 3 is 1.71 bits per heavy atom. The first-order valence-electron chi connectivity index (χ1n) is 7.88. The molecule has 0 aromatic carbocycles. The summed E-state index contributed by atoms with van der Waals surface area (Å²) in [6.45, 7) is 19.1. The topological polar surface area (TPSA) is 36.9 Å². The van der Waals surface area contributed by atoms with Gasteiger partial charge in [0.25, 0.3) is 0 Å². The van der Waals surface area contributed by atoms with Crippen molar-refractivity contribution >= 4 is 25.2 Å². The molecule has 0 heterocycles. The van der Waals surface area contributed by atoms with E-state index in [1.165, 1.54) is 0 Å². The van der Waals surface area contributed by atoms with E-state index >= 15 is 0 Å². The third-order valence-electron chi connectivity index (χ3n) is 2.72. The van der Waals surface area contributed by atoms with Crippen LogP contribution in [0.3, 0.4) is 0 Å². The third kappa shape index (κ3) is 12.7. The van der Waals surface area contributed by atoms with Crippen LogP contribution in [-0.2, 0) is 17.7 Å². The van der Waals surface area contributed by atoms with Gasteiger partial charge in [0.15, 0.2) is 16.6 Å². The maximum absolute atomic E-state index is 6.46. The number of ether oxygens (including phenoxy) is 2. The highest BCUT2D eigenvalue weighted by Gasteiger charge is 2.39. The lowest BCUT2D eigenvalue weighted by Crippen LogP contribution is -2.52. The van der Waals surface area contributed by atoms with Gasteiger partial charge in [-0.3, -0.25) is 0 Å². The Hall–Kier alpha value is 0.491. The zero-order valence-electron chi connectivity index (χ0n) is 15.5. The number of hydrogen-bond donors (Lipinski definition) is 0. The SMILES string of the molecule is COC(C)COCCC[Si](C)(O[Si](C)(C)C)O[Si](C)(C)C. The zero-order chi connectivity index (χ0) is 16.7. The maximum Gasteiger partial charge on any atom is 0.314 e. The summed E-state index contributed by atoms with van der Waals surface area (Å²) in [6, 6.07) is 1.00. The van der Waals surface area contributed by atoms with E-state index in [9.17, 15) is 0 Å². The molecular weight excluding hydrogens is 316 g/mol. The Morgan fingerprint density at radius 1 is 0.857 bits per heavy atom. The summed E-state index contributed by atoms with van der Waals surface area (Å²) < 4.78 is 23.7. The van der Waals surface area contributed by atoms with E-state index in [1.807, 2.05) is 6.92 Å². The van der Waals surface area contributed by atoms with Crippen LogP contribution in [0.1, 0.15) is 13.3 Å². The lowest BCUT2D eigenvalue weighted by atomic mass is 10.4. The molecule has 0 spiro atoms. The van der Waals surface area contributed by atoms with Crippen LogP contribution in [-0.4, -0.2) is 51.6 Å². The molecule has 0 radical (unpaired) electrons. The lowest BCUT2D eigenvalue weighted by molar-refractivity contribution is 0.0185. The quantitative estimate of drug-likeness (QED) is 0.412. The van der Waals surface area contributed by atoms with Crippen molar-refractivity contribution < 1.29 is 17.7 Å². The number of methoxy groups -OCH3 is 1. The molecule has 0 aromatic heterocycles. The van der Waals surface area contributed by atoms with Gasteiger partial charge in [-0.2, -0.15) is 0 Å². The van der Waals surface area contributed by atoms with Crippen LogP contribution in [0.25, 0.3) is 0 Å². The molecule has 0 aliphatic heterocycles. The van der Waals surface area contributed by atoms with E-state index < -0.39 is 25.2 Å². The van der Waals surface area contributed by atoms with Gasteiger partial charge in [-0.05, 0) is 65.2 Å². The maximum atomic E-state index is 6.46. The summed E-state index contributed by atoms with van der Waals surface area (Å²) in [5, 5.41) is 0. The Bertz CT molecular complexity index is 271. The summed E-state index contributed by atoms with van der Waals surface area (Å²) in [6.07, 6.45) is 1.15. The Balaban J connectivity index is 4.35. The molecule has 0 fully saturated rings. The van der Waals surface area contributed by atoms with Crippen LogP contribution in [0.2, 0.25) is 51.9 Å². The normalized spacial score (nSPS) is 15.3. The standard InChI is InChI=1S/C14H36O4Si3/c1-14(15-2)13-16-11-10-12-21(9,17-19(3,4)5)18-20(6,7)8/h14H,10-13H2,1-9H3. The summed E-state index contributed by atoms with van der Waals surface area (Å²) >= 11 is 0. The highest BCUT2D eigenvalue weighted by atomic mass is 28.5. The molecule has 128 valence electrons. The average Bonchev–Trinajstić information content (AvgIpc) is 2.22. The predicted molar refractivity (Wildman–Crippen MR) is 97.2 cm³/mol. The fourth-order valence-electron chi connectivity index (χ4n) is 2.23. The fourth-order valence-corrected chi connectivity index (χ4v) is 14.7. The van der Waals surface area contributed by atoms with Gasteiger partial charge >= 0.3 is 8.56 Å². The molecule has 0 aliphatic carbocycles. The first-order chi connectivity index (χ1) is 9.37. The predicted octanol–water partition coefficient (Wildman–Crippen LogP) is 4.20. The van der Waals surface area contributed by atoms with Gasteiger partial charge < -0.3 is 17.7 Å². The van der Waals surface area contributed by atoms with E-state index in [0.717, 1.165) is 19.1 Å². The average molecular weight is 353 g/mol. The monoisotopic (exact) mass is 352 g/mol. The van der Waals surface area contributed by atoms with Crippen LogP contribution < -0.4 is 0 Å². The highest BCUT2D eigenvalue weighted by molar-refractivity contribution is 6.87. The van der Waals surface area contributed by atoms with E-state index in [4.69, 9.17) is 17.7 Å². The van der Waals surface area contributed by atoms with Gasteiger partial charge in [-0.1, -0.05) is 0 Å². The van der Waals surface area contributed by atoms with Gasteiger partial charge in [-0.25, -0.2) is 0 Å². The molecule has 0 bridgehead atoms. The Kier molecular flexibility index (Phi) is 9.16. The van der Waals surface area contributed by atoms with E-state index in [1.54, 1.807) is 7.11 Å². The summed E-state index contributed by atoms with van der Waals surface area (Å²) in [4.78, 5) is 0. The van der Waals surface area contributed by atoms with Crippen LogP contribution in [0, 0.1) is 0 Å². The van der Waals surface area contributed by atoms with Gasteiger partial charge in [0.05, 0.1) is 12.7 Å². The van der Waals surface area contributed by atoms with Crippen molar-refractivity contribution in [2.24, 2.45) is 0 Å². The summed E-state index contributed by atoms with van der Waals surface area (Å²) in [5.74, 6) is 0. The molecule has 0 aliphatic rings. The molecule has 4 nitrogen and oxygen atoms in total.